The van der Waals surface area contributed by atoms with Crippen LogP contribution in [0.25, 0.3) is 0 Å². The predicted octanol–water partition coefficient (Wildman–Crippen LogP) is 4.13. The second kappa shape index (κ2) is 5.03. The van der Waals surface area contributed by atoms with Gasteiger partial charge in [0.15, 0.2) is 5.17 Å². The molecule has 0 saturated heterocycles. The number of nitrogens with zero attached hydrogens (tertiary/aromatic N) is 3. The van der Waals surface area contributed by atoms with E-state index < -0.39 is 0 Å². The maximum absolute atomic E-state index is 4.93. The Morgan fingerprint density at radius 3 is 3.00 bits per heavy atom. The van der Waals surface area contributed by atoms with Gasteiger partial charge in [-0.2, -0.15) is 0 Å². The molecule has 3 nitrogen and oxygen atoms in total. The third kappa shape index (κ3) is 2.26. The van der Waals surface area contributed by atoms with Gasteiger partial charge in [0.05, 0.1) is 5.56 Å². The van der Waals surface area contributed by atoms with Crippen LogP contribution in [-0.2, 0) is 12.2 Å². The number of rotatable bonds is 0. The van der Waals surface area contributed by atoms with Crippen molar-refractivity contribution in [2.24, 2.45) is 9.98 Å². The average Bonchev–Trinajstić information content (AvgIpc) is 2.83. The van der Waals surface area contributed by atoms with Gasteiger partial charge in [-0.1, -0.05) is 25.6 Å². The third-order valence-electron chi connectivity index (χ3n) is 4.16. The van der Waals surface area contributed by atoms with Crippen molar-refractivity contribution in [2.75, 3.05) is 19.3 Å². The summed E-state index contributed by atoms with van der Waals surface area (Å²) in [5, 5.41) is 2.31. The minimum Gasteiger partial charge on any atom is -0.305 e. The van der Waals surface area contributed by atoms with Crippen molar-refractivity contribution in [3.8, 4) is 0 Å². The van der Waals surface area contributed by atoms with Crippen LogP contribution in [0.2, 0.25) is 0 Å². The Morgan fingerprint density at radius 2 is 2.19 bits per heavy atom. The molecule has 0 aliphatic carbocycles. The summed E-state index contributed by atoms with van der Waals surface area (Å²) >= 11 is 5.69. The van der Waals surface area contributed by atoms with Crippen molar-refractivity contribution in [2.45, 2.75) is 37.2 Å². The Labute approximate surface area is 138 Å². The molecule has 0 fully saturated rings. The molecule has 4 heterocycles. The Hall–Kier alpha value is -0.460. The van der Waals surface area contributed by atoms with Gasteiger partial charge in [0.2, 0.25) is 0 Å². The van der Waals surface area contributed by atoms with E-state index in [1.165, 1.54) is 26.8 Å². The van der Waals surface area contributed by atoms with E-state index >= 15 is 0 Å². The summed E-state index contributed by atoms with van der Waals surface area (Å²) in [6, 6.07) is 0. The van der Waals surface area contributed by atoms with Crippen LogP contribution in [0.3, 0.4) is 0 Å². The molecule has 0 N–H and O–H groups in total. The van der Waals surface area contributed by atoms with Crippen LogP contribution in [0.15, 0.2) is 9.98 Å². The molecule has 21 heavy (non-hydrogen) atoms. The second-order valence-corrected chi connectivity index (χ2v) is 9.76. The fourth-order valence-electron chi connectivity index (χ4n) is 3.16. The van der Waals surface area contributed by atoms with Crippen molar-refractivity contribution < 1.29 is 0 Å². The minimum atomic E-state index is 0.325. The highest BCUT2D eigenvalue weighted by molar-refractivity contribution is 8.13. The van der Waals surface area contributed by atoms with Gasteiger partial charge in [-0.3, -0.25) is 4.99 Å². The molecule has 112 valence electrons. The lowest BCUT2D eigenvalue weighted by atomic mass is 9.96. The molecule has 6 heteroatoms. The summed E-state index contributed by atoms with van der Waals surface area (Å²) in [6.07, 6.45) is 4.38. The third-order valence-corrected chi connectivity index (χ3v) is 7.50. The zero-order valence-electron chi connectivity index (χ0n) is 12.6. The summed E-state index contributed by atoms with van der Waals surface area (Å²) in [5.74, 6) is 2.31. The number of amidine groups is 2. The summed E-state index contributed by atoms with van der Waals surface area (Å²) in [6.45, 7) is 6.71. The highest BCUT2D eigenvalue weighted by atomic mass is 32.2. The lowest BCUT2D eigenvalue weighted by Crippen LogP contribution is -2.42. The first-order chi connectivity index (χ1) is 10.1. The van der Waals surface area contributed by atoms with Crippen LogP contribution >= 0.6 is 34.9 Å². The molecule has 4 rings (SSSR count). The largest absolute Gasteiger partial charge is 0.305 e. The zero-order chi connectivity index (χ0) is 14.6. The lowest BCUT2D eigenvalue weighted by molar-refractivity contribution is 0.553. The number of thiophene rings is 1. The summed E-state index contributed by atoms with van der Waals surface area (Å²) in [7, 11) is 0. The molecule has 0 unspecified atom stereocenters. The smallest absolute Gasteiger partial charge is 0.170 e. The average molecular weight is 338 g/mol. The first-order valence-corrected chi connectivity index (χ1v) is 10.4. The van der Waals surface area contributed by atoms with Gasteiger partial charge < -0.3 is 4.90 Å². The Balaban J connectivity index is 1.90. The van der Waals surface area contributed by atoms with E-state index in [-0.39, 0.29) is 0 Å². The molecule has 0 bridgehead atoms. The molecular formula is C15H19N3S3. The van der Waals surface area contributed by atoms with Gasteiger partial charge in [0.1, 0.15) is 10.8 Å². The van der Waals surface area contributed by atoms with Crippen molar-refractivity contribution >= 4 is 50.9 Å². The molecule has 1 aromatic rings. The Kier molecular flexibility index (Phi) is 3.39. The summed E-state index contributed by atoms with van der Waals surface area (Å²) in [5.41, 5.74) is 2.87. The lowest BCUT2D eigenvalue weighted by Gasteiger charge is -2.34. The normalized spacial score (nSPS) is 22.9. The van der Waals surface area contributed by atoms with E-state index in [9.17, 15) is 0 Å². The fourth-order valence-corrected chi connectivity index (χ4v) is 6.13. The monoisotopic (exact) mass is 337 g/mol. The highest BCUT2D eigenvalue weighted by Gasteiger charge is 2.37. The maximum atomic E-state index is 4.93. The van der Waals surface area contributed by atoms with Gasteiger partial charge in [-0.15, -0.1) is 23.1 Å². The Bertz CT molecular complexity index is 657. The molecule has 1 aromatic heterocycles. The number of fused-ring (bicyclic) bond motifs is 5. The second-order valence-electron chi connectivity index (χ2n) is 6.22. The highest BCUT2D eigenvalue weighted by Crippen LogP contribution is 2.49. The first-order valence-electron chi connectivity index (χ1n) is 7.32. The van der Waals surface area contributed by atoms with E-state index in [1.54, 1.807) is 11.8 Å². The standard InChI is InChI=1S/C15H19N3S3/c1-15(2)7-9-10(8-20-15)21-13-11(9)12-16-5-4-6-18(12)14(17-13)19-3/h4-8H2,1-3H3. The van der Waals surface area contributed by atoms with Gasteiger partial charge in [0, 0.05) is 28.5 Å². The molecule has 0 radical (unpaired) electrons. The first kappa shape index (κ1) is 14.2. The molecule has 0 saturated carbocycles. The number of hydrogen-bond donors (Lipinski definition) is 0. The molecule has 0 amide bonds. The fraction of sp³-hybridized carbons (Fsp3) is 0.600. The van der Waals surface area contributed by atoms with Gasteiger partial charge in [0.25, 0.3) is 0 Å². The van der Waals surface area contributed by atoms with Gasteiger partial charge in [-0.05, 0) is 24.7 Å². The van der Waals surface area contributed by atoms with Crippen LogP contribution in [0.5, 0.6) is 0 Å². The molecular weight excluding hydrogens is 318 g/mol. The Morgan fingerprint density at radius 1 is 1.33 bits per heavy atom. The van der Waals surface area contributed by atoms with Crippen LogP contribution in [0.1, 0.15) is 36.3 Å². The number of hydrogen-bond acceptors (Lipinski definition) is 6. The zero-order valence-corrected chi connectivity index (χ0v) is 15.1. The molecule has 0 spiro atoms. The van der Waals surface area contributed by atoms with Crippen molar-refractivity contribution in [1.29, 1.82) is 0 Å². The van der Waals surface area contributed by atoms with E-state index in [1.807, 2.05) is 11.3 Å². The van der Waals surface area contributed by atoms with E-state index in [0.29, 0.717) is 4.75 Å². The van der Waals surface area contributed by atoms with Gasteiger partial charge in [-0.25, -0.2) is 4.99 Å². The van der Waals surface area contributed by atoms with Crippen LogP contribution in [0.4, 0.5) is 5.00 Å². The summed E-state index contributed by atoms with van der Waals surface area (Å²) in [4.78, 5) is 13.7. The predicted molar refractivity (Wildman–Crippen MR) is 96.7 cm³/mol. The quantitative estimate of drug-likeness (QED) is 0.712. The van der Waals surface area contributed by atoms with E-state index in [2.05, 4.69) is 36.8 Å². The van der Waals surface area contributed by atoms with Gasteiger partial charge >= 0.3 is 0 Å². The van der Waals surface area contributed by atoms with Crippen LogP contribution in [-0.4, -0.2) is 40.0 Å². The number of aliphatic imine (C=N–C) groups is 2. The SMILES string of the molecule is CSC1=Nc2sc3c(c2C2=NCCCN12)CC(C)(C)SC3. The topological polar surface area (TPSA) is 28.0 Å². The van der Waals surface area contributed by atoms with Crippen LogP contribution < -0.4 is 0 Å². The van der Waals surface area contributed by atoms with Crippen molar-refractivity contribution in [1.82, 2.24) is 4.90 Å². The van der Waals surface area contributed by atoms with E-state index in [0.717, 1.165) is 36.9 Å². The molecule has 0 aromatic carbocycles. The molecule has 3 aliphatic rings. The number of thioether (sulfide) groups is 2. The maximum Gasteiger partial charge on any atom is 0.170 e. The minimum absolute atomic E-state index is 0.325. The van der Waals surface area contributed by atoms with Crippen molar-refractivity contribution in [3.63, 3.8) is 0 Å². The van der Waals surface area contributed by atoms with Crippen molar-refractivity contribution in [3.05, 3.63) is 16.0 Å². The van der Waals surface area contributed by atoms with E-state index in [4.69, 9.17) is 9.98 Å². The molecule has 3 aliphatic heterocycles. The molecule has 0 atom stereocenters. The van der Waals surface area contributed by atoms with Crippen LogP contribution in [0, 0.1) is 0 Å². The summed E-state index contributed by atoms with van der Waals surface area (Å²) < 4.78 is 0.325.